The number of hydrogen-bond donors (Lipinski definition) is 1. The van der Waals surface area contributed by atoms with E-state index in [1.807, 2.05) is 37.3 Å². The van der Waals surface area contributed by atoms with E-state index in [0.717, 1.165) is 18.5 Å². The molecule has 1 atom stereocenters. The van der Waals surface area contributed by atoms with Crippen LogP contribution in [0.3, 0.4) is 0 Å². The van der Waals surface area contributed by atoms with Gasteiger partial charge in [-0.2, -0.15) is 0 Å². The lowest BCUT2D eigenvalue weighted by Gasteiger charge is -2.15. The van der Waals surface area contributed by atoms with Crippen LogP contribution in [-0.2, 0) is 17.6 Å². The fourth-order valence-corrected chi connectivity index (χ4v) is 2.77. The molecule has 3 nitrogen and oxygen atoms in total. The van der Waals surface area contributed by atoms with Crippen molar-refractivity contribution in [3.8, 4) is 5.75 Å². The van der Waals surface area contributed by atoms with Gasteiger partial charge in [0, 0.05) is 5.69 Å². The Bertz CT molecular complexity index is 676. The largest absolute Gasteiger partial charge is 0.481 e. The van der Waals surface area contributed by atoms with Crippen LogP contribution < -0.4 is 10.1 Å². The highest BCUT2D eigenvalue weighted by Crippen LogP contribution is 2.25. The van der Waals surface area contributed by atoms with E-state index in [0.29, 0.717) is 5.75 Å². The molecular formula is C19H21NO2. The molecule has 0 aromatic heterocycles. The van der Waals surface area contributed by atoms with Crippen molar-refractivity contribution < 1.29 is 9.53 Å². The van der Waals surface area contributed by atoms with Gasteiger partial charge in [0.05, 0.1) is 0 Å². The van der Waals surface area contributed by atoms with E-state index in [1.54, 1.807) is 6.92 Å². The minimum Gasteiger partial charge on any atom is -0.481 e. The van der Waals surface area contributed by atoms with E-state index in [2.05, 4.69) is 17.4 Å². The lowest BCUT2D eigenvalue weighted by molar-refractivity contribution is -0.122. The summed E-state index contributed by atoms with van der Waals surface area (Å²) in [6, 6.07) is 13.9. The number of carbonyl (C=O) groups excluding carboxylic acids is 1. The summed E-state index contributed by atoms with van der Waals surface area (Å²) in [7, 11) is 0. The van der Waals surface area contributed by atoms with Crippen LogP contribution in [0.1, 0.15) is 30.0 Å². The predicted octanol–water partition coefficient (Wildman–Crippen LogP) is 3.89. The molecule has 0 saturated carbocycles. The molecule has 2 aromatic carbocycles. The second kappa shape index (κ2) is 6.22. The summed E-state index contributed by atoms with van der Waals surface area (Å²) in [6.07, 6.45) is 2.93. The van der Waals surface area contributed by atoms with Crippen molar-refractivity contribution in [2.75, 3.05) is 5.32 Å². The highest BCUT2D eigenvalue weighted by atomic mass is 16.5. The van der Waals surface area contributed by atoms with E-state index < -0.39 is 6.10 Å². The number of ether oxygens (including phenoxy) is 1. The topological polar surface area (TPSA) is 38.3 Å². The number of rotatable bonds is 4. The van der Waals surface area contributed by atoms with Gasteiger partial charge in [-0.15, -0.1) is 0 Å². The molecule has 1 unspecified atom stereocenters. The molecule has 1 N–H and O–H groups in total. The molecular weight excluding hydrogens is 274 g/mol. The van der Waals surface area contributed by atoms with E-state index in [1.165, 1.54) is 23.1 Å². The zero-order valence-electron chi connectivity index (χ0n) is 13.1. The third kappa shape index (κ3) is 3.30. The summed E-state index contributed by atoms with van der Waals surface area (Å²) in [5.41, 5.74) is 4.78. The van der Waals surface area contributed by atoms with Gasteiger partial charge in [-0.25, -0.2) is 0 Å². The molecule has 0 saturated heterocycles. The quantitative estimate of drug-likeness (QED) is 0.929. The highest BCUT2D eigenvalue weighted by Gasteiger charge is 2.16. The molecule has 0 aliphatic heterocycles. The standard InChI is InChI=1S/C19H21NO2/c1-13-6-10-18(11-7-13)22-14(2)19(21)20-17-9-8-15-4-3-5-16(15)12-17/h6-12,14H,3-5H2,1-2H3,(H,20,21). The maximum atomic E-state index is 12.2. The van der Waals surface area contributed by atoms with Gasteiger partial charge in [-0.1, -0.05) is 23.8 Å². The Morgan fingerprint density at radius 2 is 1.82 bits per heavy atom. The molecule has 1 aliphatic rings. The molecule has 0 fully saturated rings. The lowest BCUT2D eigenvalue weighted by Crippen LogP contribution is -2.30. The van der Waals surface area contributed by atoms with Crippen LogP contribution in [0.25, 0.3) is 0 Å². The Morgan fingerprint density at radius 3 is 2.59 bits per heavy atom. The number of fused-ring (bicyclic) bond motifs is 1. The fourth-order valence-electron chi connectivity index (χ4n) is 2.77. The highest BCUT2D eigenvalue weighted by molar-refractivity contribution is 5.94. The van der Waals surface area contributed by atoms with Crippen LogP contribution in [0.15, 0.2) is 42.5 Å². The monoisotopic (exact) mass is 295 g/mol. The maximum absolute atomic E-state index is 12.2. The molecule has 0 spiro atoms. The zero-order valence-corrected chi connectivity index (χ0v) is 13.1. The van der Waals surface area contributed by atoms with Gasteiger partial charge >= 0.3 is 0 Å². The molecule has 0 radical (unpaired) electrons. The van der Waals surface area contributed by atoms with E-state index in [4.69, 9.17) is 4.74 Å². The number of hydrogen-bond acceptors (Lipinski definition) is 2. The van der Waals surface area contributed by atoms with Gasteiger partial charge in [-0.3, -0.25) is 4.79 Å². The van der Waals surface area contributed by atoms with Crippen molar-refractivity contribution in [1.29, 1.82) is 0 Å². The van der Waals surface area contributed by atoms with Crippen molar-refractivity contribution in [2.45, 2.75) is 39.2 Å². The molecule has 114 valence electrons. The Labute approximate surface area is 131 Å². The number of benzene rings is 2. The molecule has 3 heteroatoms. The number of amides is 1. The van der Waals surface area contributed by atoms with Crippen LogP contribution in [0.4, 0.5) is 5.69 Å². The second-order valence-electron chi connectivity index (χ2n) is 5.90. The molecule has 22 heavy (non-hydrogen) atoms. The van der Waals surface area contributed by atoms with Crippen molar-refractivity contribution in [3.05, 3.63) is 59.2 Å². The summed E-state index contributed by atoms with van der Waals surface area (Å²) in [4.78, 5) is 12.2. The molecule has 0 heterocycles. The van der Waals surface area contributed by atoms with Gasteiger partial charge in [0.1, 0.15) is 5.75 Å². The first-order chi connectivity index (χ1) is 10.6. The van der Waals surface area contributed by atoms with Crippen molar-refractivity contribution >= 4 is 11.6 Å². The Kier molecular flexibility index (Phi) is 4.14. The first kappa shape index (κ1) is 14.6. The smallest absolute Gasteiger partial charge is 0.265 e. The van der Waals surface area contributed by atoms with Crippen molar-refractivity contribution in [1.82, 2.24) is 0 Å². The van der Waals surface area contributed by atoms with E-state index in [9.17, 15) is 4.79 Å². The van der Waals surface area contributed by atoms with Crippen LogP contribution in [-0.4, -0.2) is 12.0 Å². The molecule has 0 bridgehead atoms. The minimum absolute atomic E-state index is 0.126. The van der Waals surface area contributed by atoms with E-state index in [-0.39, 0.29) is 5.91 Å². The number of anilines is 1. The molecule has 3 rings (SSSR count). The first-order valence-corrected chi connectivity index (χ1v) is 7.78. The Hall–Kier alpha value is -2.29. The van der Waals surface area contributed by atoms with Crippen LogP contribution in [0.2, 0.25) is 0 Å². The lowest BCUT2D eigenvalue weighted by atomic mass is 10.1. The van der Waals surface area contributed by atoms with Gasteiger partial charge in [-0.05, 0) is 68.5 Å². The van der Waals surface area contributed by atoms with Crippen LogP contribution >= 0.6 is 0 Å². The molecule has 2 aromatic rings. The summed E-state index contributed by atoms with van der Waals surface area (Å²) in [5, 5.41) is 2.94. The van der Waals surface area contributed by atoms with Crippen LogP contribution in [0.5, 0.6) is 5.75 Å². The fraction of sp³-hybridized carbons (Fsp3) is 0.316. The second-order valence-corrected chi connectivity index (χ2v) is 5.90. The Balaban J connectivity index is 1.62. The average molecular weight is 295 g/mol. The van der Waals surface area contributed by atoms with Gasteiger partial charge in [0.15, 0.2) is 6.10 Å². The summed E-state index contributed by atoms with van der Waals surface area (Å²) >= 11 is 0. The summed E-state index contributed by atoms with van der Waals surface area (Å²) in [6.45, 7) is 3.79. The zero-order chi connectivity index (χ0) is 15.5. The molecule has 1 aliphatic carbocycles. The van der Waals surface area contributed by atoms with Gasteiger partial charge < -0.3 is 10.1 Å². The normalized spacial score (nSPS) is 14.3. The van der Waals surface area contributed by atoms with Gasteiger partial charge in [0.25, 0.3) is 5.91 Å². The van der Waals surface area contributed by atoms with Crippen LogP contribution in [0, 0.1) is 6.92 Å². The minimum atomic E-state index is -0.532. The first-order valence-electron chi connectivity index (χ1n) is 7.78. The summed E-state index contributed by atoms with van der Waals surface area (Å²) in [5.74, 6) is 0.584. The van der Waals surface area contributed by atoms with Crippen molar-refractivity contribution in [2.24, 2.45) is 0 Å². The predicted molar refractivity (Wildman–Crippen MR) is 88.4 cm³/mol. The Morgan fingerprint density at radius 1 is 1.09 bits per heavy atom. The van der Waals surface area contributed by atoms with Gasteiger partial charge in [0.2, 0.25) is 0 Å². The number of nitrogens with one attached hydrogen (secondary N) is 1. The third-order valence-electron chi connectivity index (χ3n) is 4.07. The number of aryl methyl sites for hydroxylation is 3. The third-order valence-corrected chi connectivity index (χ3v) is 4.07. The maximum Gasteiger partial charge on any atom is 0.265 e. The number of carbonyl (C=O) groups is 1. The van der Waals surface area contributed by atoms with Crippen molar-refractivity contribution in [3.63, 3.8) is 0 Å². The summed E-state index contributed by atoms with van der Waals surface area (Å²) < 4.78 is 5.68. The molecule has 1 amide bonds. The SMILES string of the molecule is Cc1ccc(OC(C)C(=O)Nc2ccc3c(c2)CCC3)cc1. The average Bonchev–Trinajstić information content (AvgIpc) is 2.97. The van der Waals surface area contributed by atoms with E-state index >= 15 is 0 Å².